The van der Waals surface area contributed by atoms with Crippen molar-refractivity contribution < 1.29 is 14.3 Å². The lowest BCUT2D eigenvalue weighted by molar-refractivity contribution is 0.100. The van der Waals surface area contributed by atoms with Crippen LogP contribution in [0.2, 0.25) is 0 Å². The monoisotopic (exact) mass is 413 g/mol. The zero-order valence-electron chi connectivity index (χ0n) is 17.3. The number of nitrogens with one attached hydrogen (secondary N) is 1. The summed E-state index contributed by atoms with van der Waals surface area (Å²) >= 11 is 0. The zero-order chi connectivity index (χ0) is 21.5. The van der Waals surface area contributed by atoms with Gasteiger partial charge in [0.2, 0.25) is 0 Å². The maximum absolute atomic E-state index is 12.3. The van der Waals surface area contributed by atoms with E-state index >= 15 is 0 Å². The number of amides is 1. The van der Waals surface area contributed by atoms with E-state index in [1.165, 1.54) is 0 Å². The number of hydrogen-bond donors (Lipinski definition) is 2. The number of aromatic amines is 1. The topological polar surface area (TPSA) is 88.4 Å². The van der Waals surface area contributed by atoms with Crippen LogP contribution in [0.5, 0.6) is 0 Å². The Kier molecular flexibility index (Phi) is 4.71. The second kappa shape index (κ2) is 7.56. The average molecular weight is 413 g/mol. The first kappa shape index (κ1) is 19.3. The van der Waals surface area contributed by atoms with Gasteiger partial charge in [0.05, 0.1) is 24.3 Å². The van der Waals surface area contributed by atoms with Gasteiger partial charge in [-0.2, -0.15) is 0 Å². The van der Waals surface area contributed by atoms with Gasteiger partial charge < -0.3 is 20.4 Å². The van der Waals surface area contributed by atoms with Crippen LogP contribution in [0.3, 0.4) is 0 Å². The van der Waals surface area contributed by atoms with Gasteiger partial charge in [0.15, 0.2) is 0 Å². The van der Waals surface area contributed by atoms with E-state index in [1.54, 1.807) is 6.07 Å². The van der Waals surface area contributed by atoms with Crippen molar-refractivity contribution >= 4 is 39.7 Å². The average Bonchev–Trinajstić information content (AvgIpc) is 3.16. The number of hydrogen-bond acceptors (Lipinski definition) is 4. The minimum absolute atomic E-state index is 0.453. The lowest BCUT2D eigenvalue weighted by Crippen LogP contribution is -2.36. The predicted octanol–water partition coefficient (Wildman–Crippen LogP) is 4.04. The van der Waals surface area contributed by atoms with Crippen LogP contribution in [0.1, 0.15) is 26.3 Å². The Morgan fingerprint density at radius 2 is 1.84 bits per heavy atom. The van der Waals surface area contributed by atoms with E-state index in [1.807, 2.05) is 25.1 Å². The molecule has 0 unspecified atom stereocenters. The number of anilines is 1. The van der Waals surface area contributed by atoms with Crippen molar-refractivity contribution in [2.75, 3.05) is 31.2 Å². The Labute approximate surface area is 179 Å². The molecule has 3 aromatic carbocycles. The molecule has 1 aliphatic rings. The molecule has 1 fully saturated rings. The molecule has 4 aromatic rings. The standard InChI is InChI=1S/C25H23N3O3/c1-15-10-16(2-3-17(15)14-29)18-11-21-20-5-4-19(28-6-8-31-9-7-28)13-23(20)27-24(21)22(12-18)25(26)30/h2-5,10-14,27H,6-9H2,1H3,(H2,26,30). The Hall–Kier alpha value is -3.64. The number of carbonyl (C=O) groups excluding carboxylic acids is 2. The Morgan fingerprint density at radius 3 is 2.55 bits per heavy atom. The highest BCUT2D eigenvalue weighted by Gasteiger charge is 2.17. The molecule has 0 spiro atoms. The molecular weight excluding hydrogens is 390 g/mol. The number of fused-ring (bicyclic) bond motifs is 3. The number of rotatable bonds is 4. The maximum atomic E-state index is 12.3. The molecule has 0 aliphatic carbocycles. The summed E-state index contributed by atoms with van der Waals surface area (Å²) in [5.41, 5.74) is 12.4. The van der Waals surface area contributed by atoms with Crippen LogP contribution in [0.4, 0.5) is 5.69 Å². The van der Waals surface area contributed by atoms with Crippen LogP contribution in [0.15, 0.2) is 48.5 Å². The Balaban J connectivity index is 1.69. The number of aldehydes is 1. The van der Waals surface area contributed by atoms with Gasteiger partial charge in [0.1, 0.15) is 6.29 Å². The van der Waals surface area contributed by atoms with Crippen LogP contribution in [-0.4, -0.2) is 43.5 Å². The number of nitrogens with zero attached hydrogens (tertiary/aromatic N) is 1. The molecule has 6 heteroatoms. The molecular formula is C25H23N3O3. The SMILES string of the molecule is Cc1cc(-c2cc(C(N)=O)c3[nH]c4cc(N5CCOCC5)ccc4c3c2)ccc1C=O. The van der Waals surface area contributed by atoms with E-state index in [9.17, 15) is 9.59 Å². The van der Waals surface area contributed by atoms with Gasteiger partial charge in [-0.25, -0.2) is 0 Å². The Bertz CT molecular complexity index is 1330. The van der Waals surface area contributed by atoms with Gasteiger partial charge in [-0.05, 0) is 47.9 Å². The molecule has 0 bridgehead atoms. The number of ether oxygens (including phenoxy) is 1. The number of aromatic nitrogens is 1. The Morgan fingerprint density at radius 1 is 1.03 bits per heavy atom. The second-order valence-corrected chi connectivity index (χ2v) is 7.95. The summed E-state index contributed by atoms with van der Waals surface area (Å²) in [4.78, 5) is 29.2. The van der Waals surface area contributed by atoms with E-state index < -0.39 is 5.91 Å². The van der Waals surface area contributed by atoms with Crippen LogP contribution in [0, 0.1) is 6.92 Å². The van der Waals surface area contributed by atoms with Crippen LogP contribution in [0.25, 0.3) is 32.9 Å². The summed E-state index contributed by atoms with van der Waals surface area (Å²) in [6.07, 6.45) is 0.850. The third kappa shape index (κ3) is 3.35. The minimum Gasteiger partial charge on any atom is -0.378 e. The number of H-pyrrole nitrogens is 1. The van der Waals surface area contributed by atoms with Gasteiger partial charge in [-0.15, -0.1) is 0 Å². The van der Waals surface area contributed by atoms with E-state index in [2.05, 4.69) is 34.1 Å². The normalized spacial score (nSPS) is 14.3. The molecule has 0 atom stereocenters. The highest BCUT2D eigenvalue weighted by molar-refractivity contribution is 6.16. The molecule has 5 rings (SSSR count). The fourth-order valence-corrected chi connectivity index (χ4v) is 4.36. The number of primary amides is 1. The maximum Gasteiger partial charge on any atom is 0.250 e. The van der Waals surface area contributed by atoms with Crippen molar-refractivity contribution in [3.05, 3.63) is 65.2 Å². The predicted molar refractivity (Wildman–Crippen MR) is 123 cm³/mol. The summed E-state index contributed by atoms with van der Waals surface area (Å²) < 4.78 is 5.46. The number of aryl methyl sites for hydroxylation is 1. The zero-order valence-corrected chi connectivity index (χ0v) is 17.3. The number of nitrogens with two attached hydrogens (primary N) is 1. The molecule has 1 aliphatic heterocycles. The van der Waals surface area contributed by atoms with Crippen molar-refractivity contribution in [2.45, 2.75) is 6.92 Å². The molecule has 6 nitrogen and oxygen atoms in total. The third-order valence-electron chi connectivity index (χ3n) is 6.06. The second-order valence-electron chi connectivity index (χ2n) is 7.95. The van der Waals surface area contributed by atoms with Crippen molar-refractivity contribution in [3.8, 4) is 11.1 Å². The molecule has 0 saturated carbocycles. The van der Waals surface area contributed by atoms with Gasteiger partial charge >= 0.3 is 0 Å². The van der Waals surface area contributed by atoms with Crippen molar-refractivity contribution in [1.29, 1.82) is 0 Å². The van der Waals surface area contributed by atoms with E-state index in [-0.39, 0.29) is 0 Å². The quantitative estimate of drug-likeness (QED) is 0.494. The highest BCUT2D eigenvalue weighted by Crippen LogP contribution is 2.35. The third-order valence-corrected chi connectivity index (χ3v) is 6.06. The molecule has 3 N–H and O–H groups in total. The van der Waals surface area contributed by atoms with Gasteiger partial charge in [-0.1, -0.05) is 24.3 Å². The summed E-state index contributed by atoms with van der Waals surface area (Å²) in [6, 6.07) is 15.9. The molecule has 31 heavy (non-hydrogen) atoms. The molecule has 1 aromatic heterocycles. The van der Waals surface area contributed by atoms with Crippen molar-refractivity contribution in [3.63, 3.8) is 0 Å². The first-order valence-electron chi connectivity index (χ1n) is 10.3. The van der Waals surface area contributed by atoms with Gasteiger partial charge in [0, 0.05) is 40.6 Å². The summed E-state index contributed by atoms with van der Waals surface area (Å²) in [6.45, 7) is 5.07. The van der Waals surface area contributed by atoms with E-state index in [4.69, 9.17) is 10.5 Å². The van der Waals surface area contributed by atoms with Gasteiger partial charge in [-0.3, -0.25) is 9.59 Å². The lowest BCUT2D eigenvalue weighted by Gasteiger charge is -2.28. The number of carbonyl (C=O) groups is 2. The molecule has 1 amide bonds. The molecule has 156 valence electrons. The lowest BCUT2D eigenvalue weighted by atomic mass is 9.96. The van der Waals surface area contributed by atoms with Crippen LogP contribution >= 0.6 is 0 Å². The van der Waals surface area contributed by atoms with Crippen molar-refractivity contribution in [1.82, 2.24) is 4.98 Å². The largest absolute Gasteiger partial charge is 0.378 e. The molecule has 0 radical (unpaired) electrons. The van der Waals surface area contributed by atoms with Crippen LogP contribution in [-0.2, 0) is 4.74 Å². The highest BCUT2D eigenvalue weighted by atomic mass is 16.5. The van der Waals surface area contributed by atoms with E-state index in [0.29, 0.717) is 11.1 Å². The van der Waals surface area contributed by atoms with Crippen LogP contribution < -0.4 is 10.6 Å². The number of morpholine rings is 1. The summed E-state index contributed by atoms with van der Waals surface area (Å²) in [7, 11) is 0. The fraction of sp³-hybridized carbons (Fsp3) is 0.200. The first-order valence-corrected chi connectivity index (χ1v) is 10.3. The molecule has 2 heterocycles. The summed E-state index contributed by atoms with van der Waals surface area (Å²) in [5, 5.41) is 1.99. The number of benzene rings is 3. The van der Waals surface area contributed by atoms with E-state index in [0.717, 1.165) is 76.8 Å². The smallest absolute Gasteiger partial charge is 0.250 e. The van der Waals surface area contributed by atoms with Crippen molar-refractivity contribution in [2.24, 2.45) is 5.73 Å². The molecule has 1 saturated heterocycles. The van der Waals surface area contributed by atoms with Gasteiger partial charge in [0.25, 0.3) is 5.91 Å². The minimum atomic E-state index is -0.479. The summed E-state index contributed by atoms with van der Waals surface area (Å²) in [5.74, 6) is -0.479. The first-order chi connectivity index (χ1) is 15.0. The fourth-order valence-electron chi connectivity index (χ4n) is 4.36.